The second-order valence-electron chi connectivity index (χ2n) is 6.06. The van der Waals surface area contributed by atoms with E-state index in [0.717, 1.165) is 15.7 Å². The van der Waals surface area contributed by atoms with Crippen LogP contribution in [0.2, 0.25) is 0 Å². The number of pyridine rings is 1. The zero-order valence-corrected chi connectivity index (χ0v) is 16.1. The third-order valence-corrected chi connectivity index (χ3v) is 4.98. The summed E-state index contributed by atoms with van der Waals surface area (Å²) in [6, 6.07) is 18.9. The minimum atomic E-state index is -0.154. The molecule has 134 valence electrons. The monoisotopic (exact) mass is 421 g/mol. The van der Waals surface area contributed by atoms with Gasteiger partial charge in [-0.05, 0) is 24.3 Å². The second-order valence-corrected chi connectivity index (χ2v) is 6.92. The number of rotatable bonds is 3. The Labute approximate surface area is 163 Å². The molecular formula is C20H16BrN5O. The van der Waals surface area contributed by atoms with Gasteiger partial charge in [0.15, 0.2) is 0 Å². The molecular weight excluding hydrogens is 406 g/mol. The third-order valence-electron chi connectivity index (χ3n) is 4.29. The summed E-state index contributed by atoms with van der Waals surface area (Å²) in [5.74, 6) is 0.650. The number of aryl methyl sites for hydroxylation is 1. The van der Waals surface area contributed by atoms with Crippen LogP contribution in [0.15, 0.2) is 69.9 Å². The molecule has 0 amide bonds. The highest BCUT2D eigenvalue weighted by atomic mass is 79.9. The lowest BCUT2D eigenvalue weighted by atomic mass is 10.1. The first-order valence-electron chi connectivity index (χ1n) is 8.29. The van der Waals surface area contributed by atoms with E-state index >= 15 is 0 Å². The van der Waals surface area contributed by atoms with Gasteiger partial charge in [-0.1, -0.05) is 52.3 Å². The molecule has 0 aliphatic rings. The maximum Gasteiger partial charge on any atom is 0.259 e. The molecule has 0 saturated heterocycles. The summed E-state index contributed by atoms with van der Waals surface area (Å²) < 4.78 is 2.33. The predicted molar refractivity (Wildman–Crippen MR) is 112 cm³/mol. The number of halogens is 1. The van der Waals surface area contributed by atoms with Gasteiger partial charge in [-0.3, -0.25) is 9.36 Å². The Hall–Kier alpha value is -3.19. The number of nitrogen functional groups attached to an aromatic ring is 1. The van der Waals surface area contributed by atoms with Crippen molar-refractivity contribution in [2.45, 2.75) is 0 Å². The molecule has 0 radical (unpaired) electrons. The third kappa shape index (κ3) is 3.17. The SMILES string of the molecule is Cn1c(=O)c(-c2ccccc2Br)cc2c(N)nc(Nc3ccccc3)nc21. The molecule has 3 N–H and O–H groups in total. The number of nitrogens with one attached hydrogen (secondary N) is 1. The molecule has 0 atom stereocenters. The second kappa shape index (κ2) is 6.85. The van der Waals surface area contributed by atoms with Crippen LogP contribution in [0.4, 0.5) is 17.5 Å². The Morgan fingerprint density at radius 1 is 1.00 bits per heavy atom. The van der Waals surface area contributed by atoms with Gasteiger partial charge < -0.3 is 11.1 Å². The van der Waals surface area contributed by atoms with E-state index in [0.29, 0.717) is 28.4 Å². The van der Waals surface area contributed by atoms with Crippen molar-refractivity contribution in [2.75, 3.05) is 11.1 Å². The van der Waals surface area contributed by atoms with Crippen LogP contribution < -0.4 is 16.6 Å². The molecule has 0 aliphatic carbocycles. The topological polar surface area (TPSA) is 85.8 Å². The zero-order valence-electron chi connectivity index (χ0n) is 14.5. The lowest BCUT2D eigenvalue weighted by Crippen LogP contribution is -2.21. The summed E-state index contributed by atoms with van der Waals surface area (Å²) in [7, 11) is 1.68. The summed E-state index contributed by atoms with van der Waals surface area (Å²) in [5, 5.41) is 3.74. The Morgan fingerprint density at radius 2 is 1.70 bits per heavy atom. The highest BCUT2D eigenvalue weighted by molar-refractivity contribution is 9.10. The van der Waals surface area contributed by atoms with Crippen LogP contribution >= 0.6 is 15.9 Å². The first-order valence-corrected chi connectivity index (χ1v) is 9.08. The Balaban J connectivity index is 1.90. The quantitative estimate of drug-likeness (QED) is 0.520. The molecule has 0 aliphatic heterocycles. The normalized spacial score (nSPS) is 10.9. The standard InChI is InChI=1S/C20H16BrN5O/c1-26-18-15(11-14(19(26)27)13-9-5-6-10-16(13)21)17(22)24-20(25-18)23-12-7-3-2-4-8-12/h2-11H,1H3,(H3,22,23,24,25). The number of para-hydroxylation sites is 1. The van der Waals surface area contributed by atoms with Crippen molar-refractivity contribution in [3.8, 4) is 11.1 Å². The number of hydrogen-bond donors (Lipinski definition) is 2. The summed E-state index contributed by atoms with van der Waals surface area (Å²) in [4.78, 5) is 21.8. The van der Waals surface area contributed by atoms with E-state index in [1.165, 1.54) is 4.57 Å². The van der Waals surface area contributed by atoms with Crippen LogP contribution in [0, 0.1) is 0 Å². The fraction of sp³-hybridized carbons (Fsp3) is 0.0500. The van der Waals surface area contributed by atoms with Crippen molar-refractivity contribution in [1.29, 1.82) is 0 Å². The molecule has 0 bridgehead atoms. The van der Waals surface area contributed by atoms with Crippen LogP contribution in [0.5, 0.6) is 0 Å². The lowest BCUT2D eigenvalue weighted by molar-refractivity contribution is 0.887. The molecule has 0 fully saturated rings. The molecule has 6 nitrogen and oxygen atoms in total. The number of nitrogens with zero attached hydrogens (tertiary/aromatic N) is 3. The van der Waals surface area contributed by atoms with Crippen LogP contribution in [0.3, 0.4) is 0 Å². The average Bonchev–Trinajstić information content (AvgIpc) is 2.67. The van der Waals surface area contributed by atoms with Crippen molar-refractivity contribution in [3.05, 3.63) is 75.5 Å². The van der Waals surface area contributed by atoms with E-state index in [2.05, 4.69) is 31.2 Å². The van der Waals surface area contributed by atoms with E-state index in [9.17, 15) is 4.79 Å². The van der Waals surface area contributed by atoms with E-state index in [-0.39, 0.29) is 5.56 Å². The number of fused-ring (bicyclic) bond motifs is 1. The van der Waals surface area contributed by atoms with Gasteiger partial charge in [-0.25, -0.2) is 0 Å². The smallest absolute Gasteiger partial charge is 0.259 e. The van der Waals surface area contributed by atoms with E-state index in [1.54, 1.807) is 13.1 Å². The van der Waals surface area contributed by atoms with Crippen LogP contribution in [-0.4, -0.2) is 14.5 Å². The average molecular weight is 422 g/mol. The minimum Gasteiger partial charge on any atom is -0.383 e. The summed E-state index contributed by atoms with van der Waals surface area (Å²) in [6.45, 7) is 0. The van der Waals surface area contributed by atoms with E-state index < -0.39 is 0 Å². The highest BCUT2D eigenvalue weighted by Gasteiger charge is 2.15. The Kier molecular flexibility index (Phi) is 4.37. The fourth-order valence-electron chi connectivity index (χ4n) is 2.93. The van der Waals surface area contributed by atoms with Crippen molar-refractivity contribution >= 4 is 44.4 Å². The number of anilines is 3. The summed E-state index contributed by atoms with van der Waals surface area (Å²) in [6.07, 6.45) is 0. The molecule has 27 heavy (non-hydrogen) atoms. The Morgan fingerprint density at radius 3 is 2.44 bits per heavy atom. The molecule has 2 aromatic heterocycles. The molecule has 0 spiro atoms. The molecule has 7 heteroatoms. The van der Waals surface area contributed by atoms with Gasteiger partial charge in [0.2, 0.25) is 5.95 Å². The molecule has 0 unspecified atom stereocenters. The Bertz CT molecular complexity index is 1200. The van der Waals surface area contributed by atoms with Crippen molar-refractivity contribution in [2.24, 2.45) is 7.05 Å². The van der Waals surface area contributed by atoms with Gasteiger partial charge in [0, 0.05) is 28.3 Å². The van der Waals surface area contributed by atoms with Crippen molar-refractivity contribution in [3.63, 3.8) is 0 Å². The largest absolute Gasteiger partial charge is 0.383 e. The maximum atomic E-state index is 12.9. The number of benzene rings is 2. The molecule has 4 aromatic rings. The highest BCUT2D eigenvalue weighted by Crippen LogP contribution is 2.29. The fourth-order valence-corrected chi connectivity index (χ4v) is 3.43. The van der Waals surface area contributed by atoms with Crippen molar-refractivity contribution in [1.82, 2.24) is 14.5 Å². The minimum absolute atomic E-state index is 0.154. The van der Waals surface area contributed by atoms with Crippen LogP contribution in [-0.2, 0) is 7.05 Å². The lowest BCUT2D eigenvalue weighted by Gasteiger charge is -2.12. The van der Waals surface area contributed by atoms with E-state index in [4.69, 9.17) is 5.73 Å². The van der Waals surface area contributed by atoms with Gasteiger partial charge in [0.05, 0.1) is 5.39 Å². The zero-order chi connectivity index (χ0) is 19.0. The van der Waals surface area contributed by atoms with Gasteiger partial charge in [-0.2, -0.15) is 9.97 Å². The van der Waals surface area contributed by atoms with Gasteiger partial charge in [0.25, 0.3) is 5.56 Å². The van der Waals surface area contributed by atoms with E-state index in [1.807, 2.05) is 54.6 Å². The maximum absolute atomic E-state index is 12.9. The molecule has 2 aromatic carbocycles. The van der Waals surface area contributed by atoms with Crippen LogP contribution in [0.1, 0.15) is 0 Å². The van der Waals surface area contributed by atoms with Gasteiger partial charge in [-0.15, -0.1) is 0 Å². The predicted octanol–water partition coefficient (Wildman–Crippen LogP) is 4.08. The summed E-state index contributed by atoms with van der Waals surface area (Å²) >= 11 is 3.50. The molecule has 2 heterocycles. The molecule has 0 saturated carbocycles. The first kappa shape index (κ1) is 17.2. The van der Waals surface area contributed by atoms with Gasteiger partial charge in [0.1, 0.15) is 11.5 Å². The summed E-state index contributed by atoms with van der Waals surface area (Å²) in [5.41, 5.74) is 8.69. The van der Waals surface area contributed by atoms with Crippen molar-refractivity contribution < 1.29 is 0 Å². The number of nitrogens with two attached hydrogens (primary N) is 1. The number of aromatic nitrogens is 3. The van der Waals surface area contributed by atoms with Crippen LogP contribution in [0.25, 0.3) is 22.2 Å². The first-order chi connectivity index (χ1) is 13.0. The van der Waals surface area contributed by atoms with Gasteiger partial charge >= 0.3 is 0 Å². The molecule has 4 rings (SSSR count). The number of hydrogen-bond acceptors (Lipinski definition) is 5.